The third kappa shape index (κ3) is 2.80. The molecule has 0 radical (unpaired) electrons. The molecule has 0 bridgehead atoms. The molecule has 0 N–H and O–H groups in total. The molecule has 0 amide bonds. The number of carbonyl (C=O) groups is 1. The number of carbonyl (C=O) groups excluding carboxylic acids is 1. The molecule has 0 heterocycles. The van der Waals surface area contributed by atoms with Gasteiger partial charge in [0.05, 0.1) is 5.75 Å². The highest BCUT2D eigenvalue weighted by molar-refractivity contribution is 8.00. The van der Waals surface area contributed by atoms with Crippen LogP contribution in [0.3, 0.4) is 0 Å². The van der Waals surface area contributed by atoms with E-state index in [1.54, 1.807) is 11.8 Å². The van der Waals surface area contributed by atoms with Crippen LogP contribution in [-0.4, -0.2) is 11.5 Å². The number of hydrogen-bond donors (Lipinski definition) is 0. The van der Waals surface area contributed by atoms with Crippen LogP contribution >= 0.6 is 11.8 Å². The molecule has 0 aliphatic heterocycles. The van der Waals surface area contributed by atoms with Gasteiger partial charge in [0.2, 0.25) is 0 Å². The Morgan fingerprint density at radius 1 is 1.10 bits per heavy atom. The van der Waals surface area contributed by atoms with E-state index >= 15 is 0 Å². The highest BCUT2D eigenvalue weighted by atomic mass is 32.2. The Morgan fingerprint density at radius 3 is 2.75 bits per heavy atom. The second-order valence-electron chi connectivity index (χ2n) is 5.31. The predicted octanol–water partition coefficient (Wildman–Crippen LogP) is 4.46. The number of rotatable bonds is 4. The van der Waals surface area contributed by atoms with E-state index in [0.29, 0.717) is 5.75 Å². The Bertz CT molecular complexity index is 646. The summed E-state index contributed by atoms with van der Waals surface area (Å²) in [5.41, 5.74) is 4.90. The fourth-order valence-electron chi connectivity index (χ4n) is 2.69. The van der Waals surface area contributed by atoms with Gasteiger partial charge in [0, 0.05) is 10.5 Å². The van der Waals surface area contributed by atoms with Gasteiger partial charge in [0.15, 0.2) is 5.78 Å². The third-order valence-corrected chi connectivity index (χ3v) is 5.05. The van der Waals surface area contributed by atoms with Crippen LogP contribution in [0.1, 0.15) is 33.5 Å². The number of ketones is 1. The number of hydrogen-bond acceptors (Lipinski definition) is 2. The quantitative estimate of drug-likeness (QED) is 0.608. The van der Waals surface area contributed by atoms with Crippen LogP contribution in [0.5, 0.6) is 0 Å². The minimum absolute atomic E-state index is 0.230. The SMILES string of the molecule is Cc1ccccc1SCC(=O)c1ccc2c(c1)CCC2. The highest BCUT2D eigenvalue weighted by Gasteiger charge is 2.14. The van der Waals surface area contributed by atoms with Crippen molar-refractivity contribution in [2.75, 3.05) is 5.75 Å². The lowest BCUT2D eigenvalue weighted by Crippen LogP contribution is -2.03. The van der Waals surface area contributed by atoms with E-state index in [4.69, 9.17) is 0 Å². The summed E-state index contributed by atoms with van der Waals surface area (Å²) in [7, 11) is 0. The van der Waals surface area contributed by atoms with E-state index in [1.807, 2.05) is 18.2 Å². The van der Waals surface area contributed by atoms with E-state index < -0.39 is 0 Å². The van der Waals surface area contributed by atoms with Gasteiger partial charge in [-0.05, 0) is 55.0 Å². The zero-order chi connectivity index (χ0) is 13.9. The third-order valence-electron chi connectivity index (χ3n) is 3.87. The molecule has 0 unspecified atom stereocenters. The van der Waals surface area contributed by atoms with Crippen molar-refractivity contribution in [2.24, 2.45) is 0 Å². The van der Waals surface area contributed by atoms with Gasteiger partial charge >= 0.3 is 0 Å². The predicted molar refractivity (Wildman–Crippen MR) is 84.7 cm³/mol. The van der Waals surface area contributed by atoms with Crippen LogP contribution < -0.4 is 0 Å². The molecule has 1 aliphatic rings. The standard InChI is InChI=1S/C18H18OS/c1-13-5-2-3-8-18(13)20-12-17(19)16-10-9-14-6-4-7-15(14)11-16/h2-3,5,8-11H,4,6-7,12H2,1H3. The molecule has 0 saturated heterocycles. The van der Waals surface area contributed by atoms with Gasteiger partial charge in [-0.3, -0.25) is 4.79 Å². The zero-order valence-electron chi connectivity index (χ0n) is 11.7. The first-order valence-electron chi connectivity index (χ1n) is 7.07. The van der Waals surface area contributed by atoms with Crippen LogP contribution in [0, 0.1) is 6.92 Å². The van der Waals surface area contributed by atoms with Crippen molar-refractivity contribution in [1.82, 2.24) is 0 Å². The summed E-state index contributed by atoms with van der Waals surface area (Å²) in [5, 5.41) is 0. The molecular weight excluding hydrogens is 264 g/mol. The lowest BCUT2D eigenvalue weighted by Gasteiger charge is -2.06. The largest absolute Gasteiger partial charge is 0.293 e. The van der Waals surface area contributed by atoms with Crippen molar-refractivity contribution in [1.29, 1.82) is 0 Å². The summed E-state index contributed by atoms with van der Waals surface area (Å²) in [6, 6.07) is 14.4. The van der Waals surface area contributed by atoms with E-state index in [2.05, 4.69) is 31.2 Å². The summed E-state index contributed by atoms with van der Waals surface area (Å²) in [6.07, 6.45) is 3.52. The zero-order valence-corrected chi connectivity index (χ0v) is 12.5. The summed E-state index contributed by atoms with van der Waals surface area (Å²) in [5.74, 6) is 0.747. The maximum Gasteiger partial charge on any atom is 0.173 e. The van der Waals surface area contributed by atoms with Crippen LogP contribution in [0.4, 0.5) is 0 Å². The van der Waals surface area contributed by atoms with Crippen molar-refractivity contribution >= 4 is 17.5 Å². The molecule has 1 aliphatic carbocycles. The normalized spacial score (nSPS) is 13.2. The lowest BCUT2D eigenvalue weighted by molar-refractivity contribution is 0.102. The van der Waals surface area contributed by atoms with Crippen LogP contribution in [0.2, 0.25) is 0 Å². The Balaban J connectivity index is 1.69. The van der Waals surface area contributed by atoms with E-state index in [1.165, 1.54) is 34.4 Å². The maximum atomic E-state index is 12.3. The van der Waals surface area contributed by atoms with Crippen molar-refractivity contribution < 1.29 is 4.79 Å². The highest BCUT2D eigenvalue weighted by Crippen LogP contribution is 2.25. The molecule has 0 saturated carbocycles. The first-order chi connectivity index (χ1) is 9.74. The van der Waals surface area contributed by atoms with Crippen molar-refractivity contribution in [3.8, 4) is 0 Å². The molecule has 2 heteroatoms. The fraction of sp³-hybridized carbons (Fsp3) is 0.278. The smallest absolute Gasteiger partial charge is 0.173 e. The molecule has 0 aromatic heterocycles. The van der Waals surface area contributed by atoms with Crippen molar-refractivity contribution in [3.63, 3.8) is 0 Å². The molecule has 2 aromatic carbocycles. The molecule has 0 spiro atoms. The Hall–Kier alpha value is -1.54. The van der Waals surface area contributed by atoms with Gasteiger partial charge in [-0.1, -0.05) is 30.3 Å². The van der Waals surface area contributed by atoms with Crippen molar-refractivity contribution in [2.45, 2.75) is 31.1 Å². The van der Waals surface area contributed by atoms with Crippen molar-refractivity contribution in [3.05, 3.63) is 64.7 Å². The number of Topliss-reactive ketones (excluding diaryl/α,β-unsaturated/α-hetero) is 1. The summed E-state index contributed by atoms with van der Waals surface area (Å²) >= 11 is 1.63. The maximum absolute atomic E-state index is 12.3. The average molecular weight is 282 g/mol. The molecule has 0 atom stereocenters. The molecule has 102 valence electrons. The number of fused-ring (bicyclic) bond motifs is 1. The minimum Gasteiger partial charge on any atom is -0.293 e. The van der Waals surface area contributed by atoms with Gasteiger partial charge in [-0.25, -0.2) is 0 Å². The molecule has 20 heavy (non-hydrogen) atoms. The first kappa shape index (κ1) is 13.4. The summed E-state index contributed by atoms with van der Waals surface area (Å²) in [4.78, 5) is 13.5. The van der Waals surface area contributed by atoms with E-state index in [-0.39, 0.29) is 5.78 Å². The van der Waals surface area contributed by atoms with E-state index in [9.17, 15) is 4.79 Å². The fourth-order valence-corrected chi connectivity index (χ4v) is 3.61. The Morgan fingerprint density at radius 2 is 1.90 bits per heavy atom. The summed E-state index contributed by atoms with van der Waals surface area (Å²) in [6.45, 7) is 2.09. The molecular formula is C18H18OS. The van der Waals surface area contributed by atoms with Gasteiger partial charge in [-0.15, -0.1) is 11.8 Å². The second kappa shape index (κ2) is 5.84. The molecule has 1 nitrogen and oxygen atoms in total. The monoisotopic (exact) mass is 282 g/mol. The number of benzene rings is 2. The van der Waals surface area contributed by atoms with Gasteiger partial charge in [0.1, 0.15) is 0 Å². The van der Waals surface area contributed by atoms with Gasteiger partial charge in [-0.2, -0.15) is 0 Å². The van der Waals surface area contributed by atoms with Gasteiger partial charge < -0.3 is 0 Å². The Kier molecular flexibility index (Phi) is 3.93. The lowest BCUT2D eigenvalue weighted by atomic mass is 10.0. The van der Waals surface area contributed by atoms with Crippen LogP contribution in [0.15, 0.2) is 47.4 Å². The number of aryl methyl sites for hydroxylation is 3. The number of thioether (sulfide) groups is 1. The average Bonchev–Trinajstić information content (AvgIpc) is 2.93. The Labute approximate surface area is 124 Å². The molecule has 2 aromatic rings. The molecule has 3 rings (SSSR count). The van der Waals surface area contributed by atoms with Crippen LogP contribution in [-0.2, 0) is 12.8 Å². The second-order valence-corrected chi connectivity index (χ2v) is 6.33. The van der Waals surface area contributed by atoms with Gasteiger partial charge in [0.25, 0.3) is 0 Å². The molecule has 0 fully saturated rings. The minimum atomic E-state index is 0.230. The van der Waals surface area contributed by atoms with E-state index in [0.717, 1.165) is 12.0 Å². The first-order valence-corrected chi connectivity index (χ1v) is 8.06. The summed E-state index contributed by atoms with van der Waals surface area (Å²) < 4.78 is 0. The van der Waals surface area contributed by atoms with Crippen LogP contribution in [0.25, 0.3) is 0 Å². The topological polar surface area (TPSA) is 17.1 Å².